The summed E-state index contributed by atoms with van der Waals surface area (Å²) in [6.45, 7) is 0. The number of anilines is 2. The van der Waals surface area contributed by atoms with Crippen LogP contribution in [0.5, 0.6) is 0 Å². The normalized spacial score (nSPS) is 10.0. The highest BCUT2D eigenvalue weighted by atomic mass is 79.9. The lowest BCUT2D eigenvalue weighted by molar-refractivity contribution is 0.622. The zero-order chi connectivity index (χ0) is 10.7. The molecule has 2 aromatic carbocycles. The summed E-state index contributed by atoms with van der Waals surface area (Å²) in [7, 11) is 0. The zero-order valence-electron chi connectivity index (χ0n) is 7.87. The molecule has 0 spiro atoms. The van der Waals surface area contributed by atoms with E-state index in [9.17, 15) is 4.39 Å². The lowest BCUT2D eigenvalue weighted by atomic mass is 10.2. The van der Waals surface area contributed by atoms with Crippen LogP contribution in [0, 0.1) is 5.82 Å². The second kappa shape index (κ2) is 4.45. The summed E-state index contributed by atoms with van der Waals surface area (Å²) in [5, 5.41) is 3.11. The molecule has 0 atom stereocenters. The molecule has 0 bridgehead atoms. The fraction of sp³-hybridized carbons (Fsp3) is 0. The van der Waals surface area contributed by atoms with Crippen LogP contribution >= 0.6 is 15.9 Å². The van der Waals surface area contributed by atoms with E-state index in [1.165, 1.54) is 6.07 Å². The molecule has 76 valence electrons. The molecule has 0 heterocycles. The van der Waals surface area contributed by atoms with Crippen molar-refractivity contribution in [2.45, 2.75) is 0 Å². The van der Waals surface area contributed by atoms with Gasteiger partial charge in [-0.05, 0) is 46.3 Å². The monoisotopic (exact) mass is 265 g/mol. The van der Waals surface area contributed by atoms with Crippen molar-refractivity contribution < 1.29 is 4.39 Å². The van der Waals surface area contributed by atoms with E-state index in [1.807, 2.05) is 36.4 Å². The molecule has 2 aromatic rings. The third-order valence-corrected chi connectivity index (χ3v) is 2.63. The fourth-order valence-electron chi connectivity index (χ4n) is 1.26. The minimum Gasteiger partial charge on any atom is -0.355 e. The molecular formula is C12H9BrFN. The van der Waals surface area contributed by atoms with Crippen LogP contribution in [-0.4, -0.2) is 0 Å². The zero-order valence-corrected chi connectivity index (χ0v) is 9.46. The lowest BCUT2D eigenvalue weighted by Crippen LogP contribution is -1.90. The summed E-state index contributed by atoms with van der Waals surface area (Å²) in [6, 6.07) is 14.6. The molecule has 0 fully saturated rings. The summed E-state index contributed by atoms with van der Waals surface area (Å²) in [5.74, 6) is -0.268. The minimum atomic E-state index is -0.268. The molecule has 0 aromatic heterocycles. The number of nitrogens with one attached hydrogen (secondary N) is 1. The van der Waals surface area contributed by atoms with E-state index < -0.39 is 0 Å². The van der Waals surface area contributed by atoms with Gasteiger partial charge in [-0.1, -0.05) is 18.2 Å². The molecule has 0 radical (unpaired) electrons. The average molecular weight is 266 g/mol. The van der Waals surface area contributed by atoms with E-state index in [2.05, 4.69) is 21.2 Å². The molecule has 1 N–H and O–H groups in total. The average Bonchev–Trinajstić information content (AvgIpc) is 2.25. The summed E-state index contributed by atoms with van der Waals surface area (Å²) < 4.78 is 13.7. The second-order valence-corrected chi connectivity index (χ2v) is 3.97. The molecule has 1 nitrogen and oxygen atoms in total. The number of hydrogen-bond donors (Lipinski definition) is 1. The number of benzene rings is 2. The van der Waals surface area contributed by atoms with Gasteiger partial charge in [0.1, 0.15) is 5.82 Å². The van der Waals surface area contributed by atoms with Gasteiger partial charge in [-0.3, -0.25) is 0 Å². The van der Waals surface area contributed by atoms with E-state index in [0.29, 0.717) is 4.47 Å². The Balaban J connectivity index is 2.22. The first-order valence-electron chi connectivity index (χ1n) is 4.53. The minimum absolute atomic E-state index is 0.268. The highest BCUT2D eigenvalue weighted by Crippen LogP contribution is 2.22. The van der Waals surface area contributed by atoms with Crippen LogP contribution in [-0.2, 0) is 0 Å². The predicted octanol–water partition coefficient (Wildman–Crippen LogP) is 4.33. The van der Waals surface area contributed by atoms with Gasteiger partial charge in [-0.15, -0.1) is 0 Å². The molecule has 3 heteroatoms. The van der Waals surface area contributed by atoms with Gasteiger partial charge >= 0.3 is 0 Å². The van der Waals surface area contributed by atoms with Crippen LogP contribution in [0.2, 0.25) is 0 Å². The van der Waals surface area contributed by atoms with Crippen molar-refractivity contribution in [2.75, 3.05) is 5.32 Å². The van der Waals surface area contributed by atoms with Crippen molar-refractivity contribution in [3.63, 3.8) is 0 Å². The van der Waals surface area contributed by atoms with Crippen molar-refractivity contribution in [1.82, 2.24) is 0 Å². The van der Waals surface area contributed by atoms with Crippen molar-refractivity contribution in [3.05, 3.63) is 58.8 Å². The lowest BCUT2D eigenvalue weighted by Gasteiger charge is -2.06. The highest BCUT2D eigenvalue weighted by molar-refractivity contribution is 9.10. The standard InChI is InChI=1S/C12H9BrFN/c13-11-7-6-10(8-12(11)14)15-9-4-2-1-3-5-9/h1-8,15H. The molecule has 0 saturated heterocycles. The van der Waals surface area contributed by atoms with E-state index in [-0.39, 0.29) is 5.82 Å². The summed E-state index contributed by atoms with van der Waals surface area (Å²) in [4.78, 5) is 0. The summed E-state index contributed by atoms with van der Waals surface area (Å²) >= 11 is 3.11. The number of para-hydroxylation sites is 1. The van der Waals surface area contributed by atoms with Gasteiger partial charge in [0.15, 0.2) is 0 Å². The maximum absolute atomic E-state index is 13.2. The second-order valence-electron chi connectivity index (χ2n) is 3.12. The van der Waals surface area contributed by atoms with Crippen molar-refractivity contribution in [2.24, 2.45) is 0 Å². The van der Waals surface area contributed by atoms with E-state index >= 15 is 0 Å². The largest absolute Gasteiger partial charge is 0.355 e. The highest BCUT2D eigenvalue weighted by Gasteiger charge is 2.00. The molecule has 0 aliphatic rings. The van der Waals surface area contributed by atoms with Gasteiger partial charge in [0.25, 0.3) is 0 Å². The quantitative estimate of drug-likeness (QED) is 0.852. The van der Waals surface area contributed by atoms with Crippen LogP contribution in [0.1, 0.15) is 0 Å². The van der Waals surface area contributed by atoms with Gasteiger partial charge in [0.2, 0.25) is 0 Å². The maximum Gasteiger partial charge on any atom is 0.139 e. The van der Waals surface area contributed by atoms with Crippen molar-refractivity contribution >= 4 is 27.3 Å². The van der Waals surface area contributed by atoms with E-state index in [1.54, 1.807) is 6.07 Å². The Morgan fingerprint density at radius 3 is 2.33 bits per heavy atom. The van der Waals surface area contributed by atoms with Gasteiger partial charge in [0.05, 0.1) is 4.47 Å². The molecule has 2 rings (SSSR count). The van der Waals surface area contributed by atoms with Crippen LogP contribution in [0.3, 0.4) is 0 Å². The van der Waals surface area contributed by atoms with Gasteiger partial charge in [-0.2, -0.15) is 0 Å². The fourth-order valence-corrected chi connectivity index (χ4v) is 1.51. The number of rotatable bonds is 2. The summed E-state index contributed by atoms with van der Waals surface area (Å²) in [6.07, 6.45) is 0. The van der Waals surface area contributed by atoms with Crippen molar-refractivity contribution in [3.8, 4) is 0 Å². The summed E-state index contributed by atoms with van der Waals surface area (Å²) in [5.41, 5.74) is 1.68. The molecule has 0 aliphatic carbocycles. The first-order valence-corrected chi connectivity index (χ1v) is 5.32. The molecule has 0 amide bonds. The Labute approximate surface area is 96.1 Å². The Bertz CT molecular complexity index is 456. The third kappa shape index (κ3) is 2.57. The molecular weight excluding hydrogens is 257 g/mol. The molecule has 0 saturated carbocycles. The molecule has 15 heavy (non-hydrogen) atoms. The van der Waals surface area contributed by atoms with Crippen LogP contribution in [0.4, 0.5) is 15.8 Å². The van der Waals surface area contributed by atoms with Gasteiger partial charge in [0, 0.05) is 11.4 Å². The first-order chi connectivity index (χ1) is 7.25. The smallest absolute Gasteiger partial charge is 0.139 e. The Morgan fingerprint density at radius 1 is 0.933 bits per heavy atom. The predicted molar refractivity (Wildman–Crippen MR) is 63.8 cm³/mol. The Morgan fingerprint density at radius 2 is 1.67 bits per heavy atom. The Hall–Kier alpha value is -1.35. The molecule has 0 unspecified atom stereocenters. The van der Waals surface area contributed by atoms with Crippen LogP contribution in [0.15, 0.2) is 53.0 Å². The molecule has 0 aliphatic heterocycles. The van der Waals surface area contributed by atoms with E-state index in [0.717, 1.165) is 11.4 Å². The number of halogens is 2. The van der Waals surface area contributed by atoms with Gasteiger partial charge < -0.3 is 5.32 Å². The van der Waals surface area contributed by atoms with Crippen LogP contribution < -0.4 is 5.32 Å². The third-order valence-electron chi connectivity index (χ3n) is 1.98. The SMILES string of the molecule is Fc1cc(Nc2ccccc2)ccc1Br. The Kier molecular flexibility index (Phi) is 3.02. The van der Waals surface area contributed by atoms with Gasteiger partial charge in [-0.25, -0.2) is 4.39 Å². The van der Waals surface area contributed by atoms with Crippen molar-refractivity contribution in [1.29, 1.82) is 0 Å². The van der Waals surface area contributed by atoms with E-state index in [4.69, 9.17) is 0 Å². The first kappa shape index (κ1) is 10.2. The maximum atomic E-state index is 13.2. The number of hydrogen-bond acceptors (Lipinski definition) is 1. The topological polar surface area (TPSA) is 12.0 Å². The van der Waals surface area contributed by atoms with Crippen LogP contribution in [0.25, 0.3) is 0 Å².